The lowest BCUT2D eigenvalue weighted by Crippen LogP contribution is -2.54. The molecule has 29 heavy (non-hydrogen) atoms. The molecule has 7 heteroatoms. The number of hydrogen-bond donors (Lipinski definition) is 1. The second kappa shape index (κ2) is 7.52. The molecular weight excluding hydrogens is 434 g/mol. The number of hydrogen-bond acceptors (Lipinski definition) is 3. The van der Waals surface area contributed by atoms with Gasteiger partial charge in [-0.25, -0.2) is 9.69 Å². The van der Waals surface area contributed by atoms with E-state index in [0.29, 0.717) is 22.3 Å². The van der Waals surface area contributed by atoms with Gasteiger partial charge in [-0.05, 0) is 30.3 Å². The number of imide groups is 2. The van der Waals surface area contributed by atoms with Crippen LogP contribution in [0.25, 0.3) is 17.0 Å². The van der Waals surface area contributed by atoms with Crippen LogP contribution in [0, 0.1) is 0 Å². The number of nitrogens with zero attached hydrogens (tertiary/aromatic N) is 2. The molecule has 0 aliphatic carbocycles. The van der Waals surface area contributed by atoms with E-state index in [4.69, 9.17) is 0 Å². The van der Waals surface area contributed by atoms with Crippen molar-refractivity contribution >= 4 is 56.4 Å². The van der Waals surface area contributed by atoms with Crippen molar-refractivity contribution in [3.05, 3.63) is 83.0 Å². The van der Waals surface area contributed by atoms with E-state index in [0.717, 1.165) is 15.8 Å². The number of anilines is 1. The molecule has 0 spiro atoms. The summed E-state index contributed by atoms with van der Waals surface area (Å²) < 4.78 is 2.70. The maximum absolute atomic E-state index is 13.1. The molecule has 6 nitrogen and oxygen atoms in total. The van der Waals surface area contributed by atoms with Crippen molar-refractivity contribution in [3.63, 3.8) is 0 Å². The van der Waals surface area contributed by atoms with E-state index >= 15 is 0 Å². The van der Waals surface area contributed by atoms with E-state index < -0.39 is 17.8 Å². The summed E-state index contributed by atoms with van der Waals surface area (Å²) in [5.41, 5.74) is 1.94. The summed E-state index contributed by atoms with van der Waals surface area (Å²) in [5.74, 6) is -1.38. The maximum Gasteiger partial charge on any atom is 0.335 e. The topological polar surface area (TPSA) is 71.4 Å². The minimum absolute atomic E-state index is 0.105. The summed E-state index contributed by atoms with van der Waals surface area (Å²) in [6.45, 7) is 4.36. The average Bonchev–Trinajstić information content (AvgIpc) is 3.03. The number of fused-ring (bicyclic) bond motifs is 1. The Labute approximate surface area is 175 Å². The number of amides is 4. The SMILES string of the molecule is C=CCn1cc(/C=C2/C(=O)NC(=O)N(c3cccc(Br)c3)C2=O)c2ccccc21. The Morgan fingerprint density at radius 2 is 1.86 bits per heavy atom. The van der Waals surface area contributed by atoms with Gasteiger partial charge in [0, 0.05) is 33.7 Å². The third-order valence-electron chi connectivity index (χ3n) is 4.61. The van der Waals surface area contributed by atoms with Crippen LogP contribution in [0.4, 0.5) is 10.5 Å². The summed E-state index contributed by atoms with van der Waals surface area (Å²) in [6, 6.07) is 13.7. The Morgan fingerprint density at radius 3 is 2.62 bits per heavy atom. The lowest BCUT2D eigenvalue weighted by Gasteiger charge is -2.26. The summed E-state index contributed by atoms with van der Waals surface area (Å²) in [5, 5.41) is 3.15. The van der Waals surface area contributed by atoms with Gasteiger partial charge in [0.25, 0.3) is 11.8 Å². The lowest BCUT2D eigenvalue weighted by atomic mass is 10.1. The normalized spacial score (nSPS) is 15.8. The number of urea groups is 1. The number of barbiturate groups is 1. The van der Waals surface area contributed by atoms with Crippen molar-refractivity contribution in [2.75, 3.05) is 4.90 Å². The largest absolute Gasteiger partial charge is 0.343 e. The van der Waals surface area contributed by atoms with Crippen LogP contribution in [0.2, 0.25) is 0 Å². The van der Waals surface area contributed by atoms with Gasteiger partial charge in [-0.2, -0.15) is 0 Å². The molecule has 1 aliphatic rings. The summed E-state index contributed by atoms with van der Waals surface area (Å²) in [7, 11) is 0. The molecule has 2 heterocycles. The first-order valence-corrected chi connectivity index (χ1v) is 9.64. The van der Waals surface area contributed by atoms with Crippen LogP contribution in [0.3, 0.4) is 0 Å². The molecule has 4 amide bonds. The van der Waals surface area contributed by atoms with Gasteiger partial charge in [0.1, 0.15) is 5.57 Å². The fourth-order valence-corrected chi connectivity index (χ4v) is 3.73. The quantitative estimate of drug-likeness (QED) is 0.367. The Kier molecular flexibility index (Phi) is 4.90. The third kappa shape index (κ3) is 3.40. The van der Waals surface area contributed by atoms with Gasteiger partial charge in [0.05, 0.1) is 5.69 Å². The highest BCUT2D eigenvalue weighted by molar-refractivity contribution is 9.10. The molecule has 1 aliphatic heterocycles. The molecule has 0 atom stereocenters. The van der Waals surface area contributed by atoms with Crippen LogP contribution < -0.4 is 10.2 Å². The minimum Gasteiger partial charge on any atom is -0.343 e. The van der Waals surface area contributed by atoms with Crippen LogP contribution >= 0.6 is 15.9 Å². The molecule has 1 fully saturated rings. The first-order valence-electron chi connectivity index (χ1n) is 8.85. The zero-order valence-corrected chi connectivity index (χ0v) is 16.8. The van der Waals surface area contributed by atoms with Gasteiger partial charge in [-0.1, -0.05) is 46.3 Å². The first-order chi connectivity index (χ1) is 14.0. The highest BCUT2D eigenvalue weighted by atomic mass is 79.9. The van der Waals surface area contributed by atoms with E-state index in [9.17, 15) is 14.4 Å². The van der Waals surface area contributed by atoms with Crippen LogP contribution in [0.1, 0.15) is 5.56 Å². The number of rotatable bonds is 4. The van der Waals surface area contributed by atoms with Gasteiger partial charge in [0.2, 0.25) is 0 Å². The van der Waals surface area contributed by atoms with E-state index in [-0.39, 0.29) is 5.57 Å². The van der Waals surface area contributed by atoms with Crippen LogP contribution in [0.5, 0.6) is 0 Å². The van der Waals surface area contributed by atoms with Crippen LogP contribution in [-0.2, 0) is 16.1 Å². The van der Waals surface area contributed by atoms with E-state index in [1.54, 1.807) is 30.3 Å². The molecule has 1 N–H and O–H groups in total. The molecule has 0 saturated carbocycles. The van der Waals surface area contributed by atoms with Gasteiger partial charge >= 0.3 is 6.03 Å². The second-order valence-corrected chi connectivity index (χ2v) is 7.40. The molecule has 1 saturated heterocycles. The van der Waals surface area contributed by atoms with E-state index in [2.05, 4.69) is 27.8 Å². The van der Waals surface area contributed by atoms with Crippen LogP contribution in [-0.4, -0.2) is 22.4 Å². The van der Waals surface area contributed by atoms with Crippen molar-refractivity contribution in [1.82, 2.24) is 9.88 Å². The summed E-state index contributed by atoms with van der Waals surface area (Å²) in [6.07, 6.45) is 5.16. The molecule has 0 bridgehead atoms. The van der Waals surface area contributed by atoms with Gasteiger partial charge < -0.3 is 4.57 Å². The van der Waals surface area contributed by atoms with Crippen molar-refractivity contribution in [1.29, 1.82) is 0 Å². The molecule has 3 aromatic rings. The Bertz CT molecular complexity index is 1210. The number of carbonyl (C=O) groups excluding carboxylic acids is 3. The molecule has 2 aromatic carbocycles. The number of benzene rings is 2. The van der Waals surface area contributed by atoms with E-state index in [1.165, 1.54) is 6.08 Å². The number of carbonyl (C=O) groups is 3. The Morgan fingerprint density at radius 1 is 1.07 bits per heavy atom. The maximum atomic E-state index is 13.1. The zero-order valence-electron chi connectivity index (χ0n) is 15.3. The molecule has 0 unspecified atom stereocenters. The fraction of sp³-hybridized carbons (Fsp3) is 0.0455. The standard InChI is InChI=1S/C22H16BrN3O3/c1-2-10-25-13-14(17-8-3-4-9-19(17)25)11-18-20(27)24-22(29)26(21(18)28)16-7-5-6-15(23)12-16/h2-9,11-13H,1,10H2,(H,24,27,29)/b18-11-. The number of halogens is 1. The summed E-state index contributed by atoms with van der Waals surface area (Å²) in [4.78, 5) is 38.8. The fourth-order valence-electron chi connectivity index (χ4n) is 3.34. The van der Waals surface area contributed by atoms with Crippen molar-refractivity contribution in [2.45, 2.75) is 6.54 Å². The number of aromatic nitrogens is 1. The minimum atomic E-state index is -0.774. The third-order valence-corrected chi connectivity index (χ3v) is 5.11. The molecule has 0 radical (unpaired) electrons. The van der Waals surface area contributed by atoms with Crippen molar-refractivity contribution < 1.29 is 14.4 Å². The van der Waals surface area contributed by atoms with Gasteiger partial charge in [0.15, 0.2) is 0 Å². The predicted molar refractivity (Wildman–Crippen MR) is 115 cm³/mol. The monoisotopic (exact) mass is 449 g/mol. The molecule has 144 valence electrons. The average molecular weight is 450 g/mol. The highest BCUT2D eigenvalue weighted by Gasteiger charge is 2.37. The van der Waals surface area contributed by atoms with E-state index in [1.807, 2.05) is 35.0 Å². The predicted octanol–water partition coefficient (Wildman–Crippen LogP) is 4.26. The summed E-state index contributed by atoms with van der Waals surface area (Å²) >= 11 is 3.33. The van der Waals surface area contributed by atoms with Gasteiger partial charge in [-0.15, -0.1) is 6.58 Å². The molecule has 1 aromatic heterocycles. The molecule has 4 rings (SSSR count). The van der Waals surface area contributed by atoms with Crippen LogP contribution in [0.15, 0.2) is 77.4 Å². The van der Waals surface area contributed by atoms with Crippen molar-refractivity contribution in [2.24, 2.45) is 0 Å². The highest BCUT2D eigenvalue weighted by Crippen LogP contribution is 2.27. The second-order valence-electron chi connectivity index (χ2n) is 6.48. The van der Waals surface area contributed by atoms with Gasteiger partial charge in [-0.3, -0.25) is 14.9 Å². The number of para-hydroxylation sites is 1. The zero-order chi connectivity index (χ0) is 20.5. The smallest absolute Gasteiger partial charge is 0.335 e. The lowest BCUT2D eigenvalue weighted by molar-refractivity contribution is -0.122. The molecular formula is C22H16BrN3O3. The number of allylic oxidation sites excluding steroid dienone is 1. The number of nitrogens with one attached hydrogen (secondary N) is 1. The first kappa shape index (κ1) is 18.9. The van der Waals surface area contributed by atoms with Crippen molar-refractivity contribution in [3.8, 4) is 0 Å². The Hall–Kier alpha value is -3.45. The Balaban J connectivity index is 1.82.